The molecule has 2 aromatic rings. The average molecular weight is 337 g/mol. The van der Waals surface area contributed by atoms with Gasteiger partial charge in [0.25, 0.3) is 5.56 Å². The summed E-state index contributed by atoms with van der Waals surface area (Å²) in [6.07, 6.45) is -4.60. The lowest BCUT2D eigenvalue weighted by Gasteiger charge is -2.10. The van der Waals surface area contributed by atoms with E-state index in [0.717, 1.165) is 6.07 Å². The van der Waals surface area contributed by atoms with Crippen LogP contribution >= 0.6 is 15.9 Å². The predicted octanol–water partition coefficient (Wildman–Crippen LogP) is 2.40. The Labute approximate surface area is 111 Å². The zero-order valence-corrected chi connectivity index (χ0v) is 10.5. The molecule has 1 heterocycles. The number of hydrogen-bond acceptors (Lipinski definition) is 3. The van der Waals surface area contributed by atoms with E-state index in [-0.39, 0.29) is 15.5 Å². The van der Waals surface area contributed by atoms with Gasteiger partial charge in [0.1, 0.15) is 0 Å². The lowest BCUT2D eigenvalue weighted by molar-refractivity contribution is -0.138. The molecule has 5 nitrogen and oxygen atoms in total. The number of aromatic carboxylic acids is 1. The third-order valence-corrected chi connectivity index (χ3v) is 2.94. The minimum absolute atomic E-state index is 0.0584. The number of aromatic nitrogens is 2. The molecule has 19 heavy (non-hydrogen) atoms. The van der Waals surface area contributed by atoms with Crippen molar-refractivity contribution < 1.29 is 23.1 Å². The minimum atomic E-state index is -4.60. The smallest absolute Gasteiger partial charge is 0.417 e. The highest BCUT2D eigenvalue weighted by Gasteiger charge is 2.33. The first-order chi connectivity index (χ1) is 8.70. The summed E-state index contributed by atoms with van der Waals surface area (Å²) in [6, 6.07) is 1.69. The van der Waals surface area contributed by atoms with Crippen LogP contribution in [0.5, 0.6) is 0 Å². The van der Waals surface area contributed by atoms with Gasteiger partial charge in [-0.25, -0.2) is 9.78 Å². The molecule has 1 aromatic heterocycles. The molecule has 0 saturated carbocycles. The number of alkyl halides is 3. The second-order valence-electron chi connectivity index (χ2n) is 3.57. The van der Waals surface area contributed by atoms with Crippen molar-refractivity contribution >= 4 is 32.9 Å². The molecule has 2 N–H and O–H groups in total. The first kappa shape index (κ1) is 13.5. The average Bonchev–Trinajstić information content (AvgIpc) is 2.26. The van der Waals surface area contributed by atoms with E-state index in [1.165, 1.54) is 0 Å². The molecule has 0 fully saturated rings. The number of nitrogens with zero attached hydrogens (tertiary/aromatic N) is 1. The summed E-state index contributed by atoms with van der Waals surface area (Å²) in [7, 11) is 0. The molecule has 0 aliphatic rings. The quantitative estimate of drug-likeness (QED) is 0.837. The third kappa shape index (κ3) is 2.46. The van der Waals surface area contributed by atoms with Crippen molar-refractivity contribution in [3.63, 3.8) is 0 Å². The standard InChI is InChI=1S/C10H4BrF3N2O3/c11-4-2-6-5(1-3(4)10(12,13)14)16-8(17)7(15-6)9(18)19/h1-2H,(H,16,17)(H,18,19). The SMILES string of the molecule is O=C(O)c1nc2cc(Br)c(C(F)(F)F)cc2[nH]c1=O. The number of fused-ring (bicyclic) bond motifs is 1. The van der Waals surface area contributed by atoms with Crippen LogP contribution in [-0.2, 0) is 6.18 Å². The third-order valence-electron chi connectivity index (χ3n) is 2.29. The molecule has 0 unspecified atom stereocenters. The first-order valence-corrected chi connectivity index (χ1v) is 5.53. The van der Waals surface area contributed by atoms with Crippen molar-refractivity contribution in [1.29, 1.82) is 0 Å². The lowest BCUT2D eigenvalue weighted by atomic mass is 10.2. The van der Waals surface area contributed by atoms with Gasteiger partial charge in [0.15, 0.2) is 0 Å². The van der Waals surface area contributed by atoms with Gasteiger partial charge in [-0.05, 0) is 12.1 Å². The highest BCUT2D eigenvalue weighted by atomic mass is 79.9. The molecule has 0 bridgehead atoms. The van der Waals surface area contributed by atoms with Gasteiger partial charge in [-0.1, -0.05) is 15.9 Å². The van der Waals surface area contributed by atoms with Crippen molar-refractivity contribution in [2.45, 2.75) is 6.18 Å². The van der Waals surface area contributed by atoms with Crippen LogP contribution in [0.3, 0.4) is 0 Å². The van der Waals surface area contributed by atoms with Crippen LogP contribution in [0, 0.1) is 0 Å². The van der Waals surface area contributed by atoms with Gasteiger partial charge < -0.3 is 10.1 Å². The van der Waals surface area contributed by atoms with Gasteiger partial charge in [0, 0.05) is 4.47 Å². The second kappa shape index (κ2) is 4.34. The number of nitrogens with one attached hydrogen (secondary N) is 1. The molecule has 0 atom stereocenters. The van der Waals surface area contributed by atoms with Gasteiger partial charge in [0.2, 0.25) is 5.69 Å². The molecule has 0 aliphatic heterocycles. The molecule has 0 spiro atoms. The van der Waals surface area contributed by atoms with Crippen LogP contribution in [0.2, 0.25) is 0 Å². The van der Waals surface area contributed by atoms with Crippen LogP contribution < -0.4 is 5.56 Å². The number of benzene rings is 1. The first-order valence-electron chi connectivity index (χ1n) is 4.74. The molecule has 1 aromatic carbocycles. The molecule has 9 heteroatoms. The van der Waals surface area contributed by atoms with Crippen LogP contribution in [0.1, 0.15) is 16.1 Å². The van der Waals surface area contributed by atoms with E-state index in [1.807, 2.05) is 0 Å². The molecule has 2 rings (SSSR count). The summed E-state index contributed by atoms with van der Waals surface area (Å²) in [5, 5.41) is 8.70. The monoisotopic (exact) mass is 336 g/mol. The Morgan fingerprint density at radius 3 is 2.53 bits per heavy atom. The number of rotatable bonds is 1. The van der Waals surface area contributed by atoms with Crippen molar-refractivity contribution in [3.8, 4) is 0 Å². The van der Waals surface area contributed by atoms with E-state index in [9.17, 15) is 22.8 Å². The fourth-order valence-corrected chi connectivity index (χ4v) is 2.03. The van der Waals surface area contributed by atoms with Gasteiger partial charge in [-0.15, -0.1) is 0 Å². The van der Waals surface area contributed by atoms with E-state index in [0.29, 0.717) is 6.07 Å². The summed E-state index contributed by atoms with van der Waals surface area (Å²) >= 11 is 2.73. The summed E-state index contributed by atoms with van der Waals surface area (Å²) < 4.78 is 37.7. The van der Waals surface area contributed by atoms with Gasteiger partial charge >= 0.3 is 12.1 Å². The minimum Gasteiger partial charge on any atom is -0.476 e. The number of hydrogen-bond donors (Lipinski definition) is 2. The molecule has 0 radical (unpaired) electrons. The van der Waals surface area contributed by atoms with Crippen molar-refractivity contribution in [3.05, 3.63) is 38.2 Å². The van der Waals surface area contributed by atoms with Gasteiger partial charge in [0.05, 0.1) is 16.6 Å². The maximum absolute atomic E-state index is 12.6. The number of carboxylic acids is 1. The van der Waals surface area contributed by atoms with E-state index in [4.69, 9.17) is 5.11 Å². The second-order valence-corrected chi connectivity index (χ2v) is 4.42. The summed E-state index contributed by atoms with van der Waals surface area (Å²) in [5.41, 5.74) is -3.07. The molecular weight excluding hydrogens is 333 g/mol. The molecule has 0 amide bonds. The van der Waals surface area contributed by atoms with Crippen molar-refractivity contribution in [2.75, 3.05) is 0 Å². The Bertz CT molecular complexity index is 739. The summed E-state index contributed by atoms with van der Waals surface area (Å²) in [6.45, 7) is 0. The van der Waals surface area contributed by atoms with E-state index in [1.54, 1.807) is 0 Å². The maximum Gasteiger partial charge on any atom is 0.417 e. The zero-order chi connectivity index (χ0) is 14.4. The Hall–Kier alpha value is -1.90. The van der Waals surface area contributed by atoms with Crippen LogP contribution in [0.4, 0.5) is 13.2 Å². The van der Waals surface area contributed by atoms with Gasteiger partial charge in [-0.2, -0.15) is 13.2 Å². The number of halogens is 4. The Balaban J connectivity index is 2.80. The summed E-state index contributed by atoms with van der Waals surface area (Å²) in [4.78, 5) is 27.6. The maximum atomic E-state index is 12.6. The Morgan fingerprint density at radius 2 is 2.00 bits per heavy atom. The molecule has 0 aliphatic carbocycles. The number of H-pyrrole nitrogens is 1. The van der Waals surface area contributed by atoms with Crippen LogP contribution in [0.25, 0.3) is 11.0 Å². The van der Waals surface area contributed by atoms with Gasteiger partial charge in [-0.3, -0.25) is 4.79 Å². The number of carboxylic acid groups (broad SMARTS) is 1. The molecular formula is C10H4BrF3N2O3. The molecule has 100 valence electrons. The predicted molar refractivity (Wildman–Crippen MR) is 62.0 cm³/mol. The Morgan fingerprint density at radius 1 is 1.37 bits per heavy atom. The zero-order valence-electron chi connectivity index (χ0n) is 8.88. The topological polar surface area (TPSA) is 83.0 Å². The fourth-order valence-electron chi connectivity index (χ4n) is 1.47. The number of carbonyl (C=O) groups is 1. The normalized spacial score (nSPS) is 11.8. The largest absolute Gasteiger partial charge is 0.476 e. The van der Waals surface area contributed by atoms with Crippen LogP contribution in [-0.4, -0.2) is 21.0 Å². The van der Waals surface area contributed by atoms with E-state index in [2.05, 4.69) is 25.9 Å². The Kier molecular flexibility index (Phi) is 3.09. The highest BCUT2D eigenvalue weighted by Crippen LogP contribution is 2.36. The lowest BCUT2D eigenvalue weighted by Crippen LogP contribution is -2.20. The fraction of sp³-hybridized carbons (Fsp3) is 0.100. The van der Waals surface area contributed by atoms with E-state index >= 15 is 0 Å². The number of aromatic amines is 1. The van der Waals surface area contributed by atoms with Crippen LogP contribution in [0.15, 0.2) is 21.4 Å². The van der Waals surface area contributed by atoms with E-state index < -0.39 is 29.0 Å². The summed E-state index contributed by atoms with van der Waals surface area (Å²) in [5.74, 6) is -1.56. The van der Waals surface area contributed by atoms with Crippen molar-refractivity contribution in [2.24, 2.45) is 0 Å². The van der Waals surface area contributed by atoms with Crippen molar-refractivity contribution in [1.82, 2.24) is 9.97 Å². The molecule has 0 saturated heterocycles. The highest BCUT2D eigenvalue weighted by molar-refractivity contribution is 9.10.